The first-order valence-corrected chi connectivity index (χ1v) is 10.1. The molecule has 1 unspecified atom stereocenters. The summed E-state index contributed by atoms with van der Waals surface area (Å²) < 4.78 is 36.9. The third-order valence-electron chi connectivity index (χ3n) is 4.41. The summed E-state index contributed by atoms with van der Waals surface area (Å²) in [6.45, 7) is 3.50. The summed E-state index contributed by atoms with van der Waals surface area (Å²) >= 11 is 6.16. The van der Waals surface area contributed by atoms with Crippen LogP contribution in [0.1, 0.15) is 18.6 Å². The van der Waals surface area contributed by atoms with Gasteiger partial charge in [-0.1, -0.05) is 17.7 Å². The van der Waals surface area contributed by atoms with Crippen LogP contribution in [0.2, 0.25) is 5.15 Å². The minimum atomic E-state index is -3.82. The van der Waals surface area contributed by atoms with E-state index in [4.69, 9.17) is 16.3 Å². The average Bonchev–Trinajstić information content (AvgIpc) is 3.25. The van der Waals surface area contributed by atoms with Crippen molar-refractivity contribution >= 4 is 27.3 Å². The summed E-state index contributed by atoms with van der Waals surface area (Å²) in [7, 11) is -3.82. The number of hydrogen-bond acceptors (Lipinski definition) is 5. The van der Waals surface area contributed by atoms with Gasteiger partial charge in [0.1, 0.15) is 5.65 Å². The number of aromatic nitrogens is 4. The minimum absolute atomic E-state index is 0.0142. The van der Waals surface area contributed by atoms with E-state index in [1.54, 1.807) is 35.3 Å². The topological polar surface area (TPSA) is 81.7 Å². The number of hydrogen-bond donors (Lipinski definition) is 0. The number of aryl methyl sites for hydroxylation is 1. The summed E-state index contributed by atoms with van der Waals surface area (Å²) in [6, 6.07) is 5.24. The molecule has 10 heteroatoms. The predicted molar refractivity (Wildman–Crippen MR) is 95.6 cm³/mol. The van der Waals surface area contributed by atoms with Crippen LogP contribution < -0.4 is 0 Å². The van der Waals surface area contributed by atoms with Crippen molar-refractivity contribution in [1.29, 1.82) is 0 Å². The molecule has 4 rings (SSSR count). The summed E-state index contributed by atoms with van der Waals surface area (Å²) in [5.74, 6) is 0. The Hall–Kier alpha value is -1.94. The molecule has 1 atom stereocenters. The van der Waals surface area contributed by atoms with Crippen molar-refractivity contribution in [3.63, 3.8) is 0 Å². The van der Waals surface area contributed by atoms with Gasteiger partial charge in [-0.15, -0.1) is 0 Å². The molecule has 26 heavy (non-hydrogen) atoms. The van der Waals surface area contributed by atoms with Crippen molar-refractivity contribution in [3.8, 4) is 0 Å². The van der Waals surface area contributed by atoms with Crippen LogP contribution in [-0.2, 0) is 21.3 Å². The largest absolute Gasteiger partial charge is 0.371 e. The molecule has 0 radical (unpaired) electrons. The van der Waals surface area contributed by atoms with E-state index >= 15 is 0 Å². The van der Waals surface area contributed by atoms with E-state index in [-0.39, 0.29) is 29.4 Å². The normalized spacial score (nSPS) is 19.2. The fraction of sp³-hybridized carbons (Fsp3) is 0.375. The molecule has 8 nitrogen and oxygen atoms in total. The molecular formula is C16H18ClN5O3S. The average molecular weight is 396 g/mol. The van der Waals surface area contributed by atoms with Crippen molar-refractivity contribution in [3.05, 3.63) is 47.5 Å². The van der Waals surface area contributed by atoms with Crippen LogP contribution in [0.5, 0.6) is 0 Å². The Balaban J connectivity index is 1.68. The molecule has 0 N–H and O–H groups in total. The smallest absolute Gasteiger partial charge is 0.262 e. The number of nitrogens with zero attached hydrogens (tertiary/aromatic N) is 5. The molecule has 0 aromatic carbocycles. The molecule has 138 valence electrons. The zero-order valence-corrected chi connectivity index (χ0v) is 15.7. The quantitative estimate of drug-likeness (QED) is 0.674. The molecule has 3 aromatic heterocycles. The zero-order valence-electron chi connectivity index (χ0n) is 14.1. The number of imidazole rings is 1. The van der Waals surface area contributed by atoms with E-state index in [9.17, 15) is 8.42 Å². The van der Waals surface area contributed by atoms with E-state index in [0.717, 1.165) is 12.1 Å². The monoisotopic (exact) mass is 395 g/mol. The first kappa shape index (κ1) is 17.5. The molecule has 1 fully saturated rings. The number of rotatable bonds is 4. The number of morpholine rings is 1. The zero-order chi connectivity index (χ0) is 18.3. The minimum Gasteiger partial charge on any atom is -0.371 e. The highest BCUT2D eigenvalue weighted by atomic mass is 35.5. The molecule has 4 heterocycles. The highest BCUT2D eigenvalue weighted by Gasteiger charge is 2.35. The second-order valence-corrected chi connectivity index (χ2v) is 8.20. The highest BCUT2D eigenvalue weighted by molar-refractivity contribution is 7.89. The SMILES string of the molecule is CCn1cc(C2CN(S(=O)(=O)c3c(Cl)nc4ccccn34)CCO2)cn1. The lowest BCUT2D eigenvalue weighted by molar-refractivity contribution is -0.00268. The van der Waals surface area contributed by atoms with Gasteiger partial charge in [-0.3, -0.25) is 9.08 Å². The molecule has 1 aliphatic rings. The molecule has 3 aromatic rings. The lowest BCUT2D eigenvalue weighted by Crippen LogP contribution is -2.42. The van der Waals surface area contributed by atoms with Gasteiger partial charge in [-0.25, -0.2) is 13.4 Å². The van der Waals surface area contributed by atoms with Crippen molar-refractivity contribution in [1.82, 2.24) is 23.5 Å². The molecular weight excluding hydrogens is 378 g/mol. The van der Waals surface area contributed by atoms with Crippen LogP contribution in [0.25, 0.3) is 5.65 Å². The Morgan fingerprint density at radius 3 is 3.00 bits per heavy atom. The van der Waals surface area contributed by atoms with Crippen LogP contribution in [-0.4, -0.2) is 51.6 Å². The van der Waals surface area contributed by atoms with Crippen molar-refractivity contribution in [2.75, 3.05) is 19.7 Å². The Bertz CT molecular complexity index is 1050. The van der Waals surface area contributed by atoms with Crippen LogP contribution in [0.15, 0.2) is 41.8 Å². The van der Waals surface area contributed by atoms with Crippen molar-refractivity contribution in [2.45, 2.75) is 24.6 Å². The van der Waals surface area contributed by atoms with Gasteiger partial charge >= 0.3 is 0 Å². The molecule has 1 aliphatic heterocycles. The first-order chi connectivity index (χ1) is 12.5. The number of halogens is 1. The van der Waals surface area contributed by atoms with Crippen LogP contribution in [0.3, 0.4) is 0 Å². The summed E-state index contributed by atoms with van der Waals surface area (Å²) in [5, 5.41) is 4.19. The van der Waals surface area contributed by atoms with Crippen LogP contribution in [0, 0.1) is 0 Å². The van der Waals surface area contributed by atoms with Crippen LogP contribution in [0.4, 0.5) is 0 Å². The maximum atomic E-state index is 13.2. The first-order valence-electron chi connectivity index (χ1n) is 8.27. The van der Waals surface area contributed by atoms with Crippen molar-refractivity contribution in [2.24, 2.45) is 0 Å². The van der Waals surface area contributed by atoms with E-state index < -0.39 is 10.0 Å². The number of fused-ring (bicyclic) bond motifs is 1. The third-order valence-corrected chi connectivity index (χ3v) is 6.67. The van der Waals surface area contributed by atoms with Gasteiger partial charge in [0.25, 0.3) is 10.0 Å². The van der Waals surface area contributed by atoms with Gasteiger partial charge in [0.15, 0.2) is 10.2 Å². The van der Waals surface area contributed by atoms with Gasteiger partial charge in [0, 0.05) is 37.6 Å². The van der Waals surface area contributed by atoms with Gasteiger partial charge in [-0.2, -0.15) is 9.40 Å². The summed E-state index contributed by atoms with van der Waals surface area (Å²) in [5.41, 5.74) is 1.35. The molecule has 1 saturated heterocycles. The van der Waals surface area contributed by atoms with Gasteiger partial charge in [0.05, 0.1) is 18.9 Å². The number of pyridine rings is 1. The fourth-order valence-electron chi connectivity index (χ4n) is 3.06. The Labute approximate surface area is 156 Å². The molecule has 0 aliphatic carbocycles. The Morgan fingerprint density at radius 1 is 1.38 bits per heavy atom. The third kappa shape index (κ3) is 2.90. The fourth-order valence-corrected chi connectivity index (χ4v) is 5.08. The maximum absolute atomic E-state index is 13.2. The maximum Gasteiger partial charge on any atom is 0.262 e. The van der Waals surface area contributed by atoms with Gasteiger partial charge in [0.2, 0.25) is 0 Å². The predicted octanol–water partition coefficient (Wildman–Crippen LogP) is 1.97. The van der Waals surface area contributed by atoms with Gasteiger partial charge in [-0.05, 0) is 19.1 Å². The molecule has 0 amide bonds. The summed E-state index contributed by atoms with van der Waals surface area (Å²) in [6.07, 6.45) is 4.87. The van der Waals surface area contributed by atoms with E-state index in [0.29, 0.717) is 12.3 Å². The van der Waals surface area contributed by atoms with Crippen LogP contribution >= 0.6 is 11.6 Å². The van der Waals surface area contributed by atoms with E-state index in [2.05, 4.69) is 10.1 Å². The molecule has 0 saturated carbocycles. The lowest BCUT2D eigenvalue weighted by atomic mass is 10.2. The second-order valence-electron chi connectivity index (χ2n) is 5.99. The lowest BCUT2D eigenvalue weighted by Gasteiger charge is -2.31. The molecule has 0 spiro atoms. The second kappa shape index (κ2) is 6.66. The number of sulfonamides is 1. The Morgan fingerprint density at radius 2 is 2.23 bits per heavy atom. The van der Waals surface area contributed by atoms with E-state index in [1.807, 2.05) is 13.1 Å². The van der Waals surface area contributed by atoms with Crippen molar-refractivity contribution < 1.29 is 13.2 Å². The van der Waals surface area contributed by atoms with Gasteiger partial charge < -0.3 is 4.74 Å². The summed E-state index contributed by atoms with van der Waals surface area (Å²) in [4.78, 5) is 4.14. The van der Waals surface area contributed by atoms with E-state index in [1.165, 1.54) is 8.71 Å². The number of ether oxygens (including phenoxy) is 1. The standard InChI is InChI=1S/C16H18ClN5O3S/c1-2-20-10-12(9-18-20)13-11-21(7-8-25-13)26(23,24)16-15(17)19-14-5-3-4-6-22(14)16/h3-6,9-10,13H,2,7-8,11H2,1H3. The Kier molecular flexibility index (Phi) is 4.47. The highest BCUT2D eigenvalue weighted by Crippen LogP contribution is 2.30. The molecule has 0 bridgehead atoms.